The molecule has 82 valence electrons. The minimum absolute atomic E-state index is 0.110. The van der Waals surface area contributed by atoms with Gasteiger partial charge >= 0.3 is 0 Å². The van der Waals surface area contributed by atoms with E-state index in [0.29, 0.717) is 12.2 Å². The molecule has 0 radical (unpaired) electrons. The number of amides is 1. The Labute approximate surface area is 97.6 Å². The number of hydrogen-bond donors (Lipinski definition) is 0. The molecule has 0 saturated heterocycles. The number of rotatable bonds is 3. The Kier molecular flexibility index (Phi) is 3.26. The molecule has 2 heterocycles. The van der Waals surface area contributed by atoms with Crippen LogP contribution in [0.2, 0.25) is 0 Å². The third kappa shape index (κ3) is 2.43. The Hall–Kier alpha value is -1.75. The zero-order valence-corrected chi connectivity index (χ0v) is 9.65. The fraction of sp³-hybridized carbons (Fsp3) is 0.182. The van der Waals surface area contributed by atoms with Crippen LogP contribution < -0.4 is 0 Å². The van der Waals surface area contributed by atoms with E-state index in [-0.39, 0.29) is 5.91 Å². The van der Waals surface area contributed by atoms with Gasteiger partial charge in [0.15, 0.2) is 0 Å². The van der Waals surface area contributed by atoms with Gasteiger partial charge in [0.25, 0.3) is 5.91 Å². The van der Waals surface area contributed by atoms with E-state index < -0.39 is 0 Å². The molecule has 0 unspecified atom stereocenters. The molecule has 2 aromatic heterocycles. The molecule has 4 nitrogen and oxygen atoms in total. The Balaban J connectivity index is 2.05. The number of hydrogen-bond acceptors (Lipinski definition) is 4. The highest BCUT2D eigenvalue weighted by Gasteiger charge is 2.13. The normalized spacial score (nSPS) is 10.1. The molecule has 1 amide bonds. The minimum atomic E-state index is -0.110. The van der Waals surface area contributed by atoms with Crippen molar-refractivity contribution in [2.75, 3.05) is 7.05 Å². The molecule has 0 atom stereocenters. The number of carbonyl (C=O) groups excluding carboxylic acids is 1. The Morgan fingerprint density at radius 1 is 1.50 bits per heavy atom. The Morgan fingerprint density at radius 2 is 2.38 bits per heavy atom. The molecule has 0 aliphatic heterocycles. The molecule has 0 aromatic carbocycles. The summed E-state index contributed by atoms with van der Waals surface area (Å²) in [7, 11) is 1.76. The van der Waals surface area contributed by atoms with Crippen LogP contribution >= 0.6 is 11.3 Å². The van der Waals surface area contributed by atoms with Crippen LogP contribution in [0.5, 0.6) is 0 Å². The molecule has 0 aliphatic rings. The standard InChI is InChI=1S/C11H11N3OS/c1-14(8-9-3-2-6-16-9)11(15)10-7-12-4-5-13-10/h2-7H,8H2,1H3. The average Bonchev–Trinajstić information content (AvgIpc) is 2.82. The quantitative estimate of drug-likeness (QED) is 0.812. The van der Waals surface area contributed by atoms with E-state index in [1.807, 2.05) is 17.5 Å². The van der Waals surface area contributed by atoms with Gasteiger partial charge in [0, 0.05) is 24.3 Å². The smallest absolute Gasteiger partial charge is 0.274 e. The summed E-state index contributed by atoms with van der Waals surface area (Å²) >= 11 is 1.63. The predicted octanol–water partition coefficient (Wildman–Crippen LogP) is 1.81. The van der Waals surface area contributed by atoms with Crippen molar-refractivity contribution >= 4 is 17.2 Å². The topological polar surface area (TPSA) is 46.1 Å². The number of thiophene rings is 1. The van der Waals surface area contributed by atoms with Gasteiger partial charge in [-0.1, -0.05) is 6.07 Å². The predicted molar refractivity (Wildman–Crippen MR) is 62.1 cm³/mol. The summed E-state index contributed by atoms with van der Waals surface area (Å²) in [6.07, 6.45) is 4.55. The molecular formula is C11H11N3OS. The first kappa shape index (κ1) is 10.8. The Morgan fingerprint density at radius 3 is 3.00 bits per heavy atom. The molecule has 0 spiro atoms. The summed E-state index contributed by atoms with van der Waals surface area (Å²) in [5.41, 5.74) is 0.376. The van der Waals surface area contributed by atoms with E-state index >= 15 is 0 Å². The van der Waals surface area contributed by atoms with Gasteiger partial charge in [0.1, 0.15) is 5.69 Å². The molecule has 0 aliphatic carbocycles. The lowest BCUT2D eigenvalue weighted by molar-refractivity contribution is 0.0780. The van der Waals surface area contributed by atoms with Crippen molar-refractivity contribution in [1.29, 1.82) is 0 Å². The van der Waals surface area contributed by atoms with Gasteiger partial charge in [0.05, 0.1) is 12.7 Å². The van der Waals surface area contributed by atoms with Crippen LogP contribution in [-0.2, 0) is 6.54 Å². The maximum atomic E-state index is 11.9. The molecule has 2 rings (SSSR count). The van der Waals surface area contributed by atoms with Crippen LogP contribution in [0.25, 0.3) is 0 Å². The second-order valence-electron chi connectivity index (χ2n) is 3.33. The molecule has 16 heavy (non-hydrogen) atoms. The lowest BCUT2D eigenvalue weighted by Crippen LogP contribution is -2.26. The summed E-state index contributed by atoms with van der Waals surface area (Å²) in [4.78, 5) is 22.5. The van der Waals surface area contributed by atoms with Crippen molar-refractivity contribution in [1.82, 2.24) is 14.9 Å². The monoisotopic (exact) mass is 233 g/mol. The van der Waals surface area contributed by atoms with Gasteiger partial charge in [-0.05, 0) is 11.4 Å². The van der Waals surface area contributed by atoms with Crippen molar-refractivity contribution in [3.05, 3.63) is 46.7 Å². The van der Waals surface area contributed by atoms with Gasteiger partial charge < -0.3 is 4.90 Å². The van der Waals surface area contributed by atoms with E-state index in [4.69, 9.17) is 0 Å². The molecular weight excluding hydrogens is 222 g/mol. The van der Waals surface area contributed by atoms with Gasteiger partial charge in [-0.2, -0.15) is 0 Å². The summed E-state index contributed by atoms with van der Waals surface area (Å²) in [5, 5.41) is 2.00. The fourth-order valence-corrected chi connectivity index (χ4v) is 2.07. The third-order valence-electron chi connectivity index (χ3n) is 2.10. The minimum Gasteiger partial charge on any atom is -0.335 e. The van der Waals surface area contributed by atoms with Gasteiger partial charge in [-0.3, -0.25) is 9.78 Å². The largest absolute Gasteiger partial charge is 0.335 e. The Bertz CT molecular complexity index is 455. The van der Waals surface area contributed by atoms with E-state index in [9.17, 15) is 4.79 Å². The van der Waals surface area contributed by atoms with Gasteiger partial charge in [0.2, 0.25) is 0 Å². The second kappa shape index (κ2) is 4.85. The lowest BCUT2D eigenvalue weighted by atomic mass is 10.3. The zero-order valence-electron chi connectivity index (χ0n) is 8.83. The second-order valence-corrected chi connectivity index (χ2v) is 4.36. The molecule has 5 heteroatoms. The van der Waals surface area contributed by atoms with Crippen LogP contribution in [0.1, 0.15) is 15.4 Å². The molecule has 0 N–H and O–H groups in total. The van der Waals surface area contributed by atoms with Crippen LogP contribution in [0.15, 0.2) is 36.1 Å². The zero-order chi connectivity index (χ0) is 11.4. The SMILES string of the molecule is CN(Cc1cccs1)C(=O)c1cnccn1. The average molecular weight is 233 g/mol. The maximum absolute atomic E-state index is 11.9. The first-order valence-corrected chi connectivity index (χ1v) is 5.69. The van der Waals surface area contributed by atoms with E-state index in [1.54, 1.807) is 29.5 Å². The fourth-order valence-electron chi connectivity index (χ4n) is 1.31. The van der Waals surface area contributed by atoms with Crippen molar-refractivity contribution < 1.29 is 4.79 Å². The highest BCUT2D eigenvalue weighted by molar-refractivity contribution is 7.09. The van der Waals surface area contributed by atoms with Crippen molar-refractivity contribution in [3.63, 3.8) is 0 Å². The first-order chi connectivity index (χ1) is 7.77. The van der Waals surface area contributed by atoms with Crippen molar-refractivity contribution in [2.45, 2.75) is 6.54 Å². The van der Waals surface area contributed by atoms with Crippen molar-refractivity contribution in [2.24, 2.45) is 0 Å². The number of nitrogens with zero attached hydrogens (tertiary/aromatic N) is 3. The lowest BCUT2D eigenvalue weighted by Gasteiger charge is -2.15. The third-order valence-corrected chi connectivity index (χ3v) is 2.96. The van der Waals surface area contributed by atoms with E-state index in [1.165, 1.54) is 12.4 Å². The highest BCUT2D eigenvalue weighted by atomic mass is 32.1. The summed E-state index contributed by atoms with van der Waals surface area (Å²) in [6, 6.07) is 3.98. The van der Waals surface area contributed by atoms with Crippen LogP contribution in [-0.4, -0.2) is 27.8 Å². The molecule has 0 fully saturated rings. The van der Waals surface area contributed by atoms with Crippen LogP contribution in [0.4, 0.5) is 0 Å². The van der Waals surface area contributed by atoms with Crippen LogP contribution in [0, 0.1) is 0 Å². The molecule has 0 bridgehead atoms. The van der Waals surface area contributed by atoms with Crippen molar-refractivity contribution in [3.8, 4) is 0 Å². The van der Waals surface area contributed by atoms with Gasteiger partial charge in [-0.15, -0.1) is 11.3 Å². The molecule has 2 aromatic rings. The van der Waals surface area contributed by atoms with E-state index in [0.717, 1.165) is 4.88 Å². The molecule has 0 saturated carbocycles. The summed E-state index contributed by atoms with van der Waals surface area (Å²) in [6.45, 7) is 0.604. The number of carbonyl (C=O) groups is 1. The summed E-state index contributed by atoms with van der Waals surface area (Å²) in [5.74, 6) is -0.110. The van der Waals surface area contributed by atoms with Gasteiger partial charge in [-0.25, -0.2) is 4.98 Å². The first-order valence-electron chi connectivity index (χ1n) is 4.81. The van der Waals surface area contributed by atoms with E-state index in [2.05, 4.69) is 9.97 Å². The maximum Gasteiger partial charge on any atom is 0.274 e. The highest BCUT2D eigenvalue weighted by Crippen LogP contribution is 2.11. The summed E-state index contributed by atoms with van der Waals surface area (Å²) < 4.78 is 0. The van der Waals surface area contributed by atoms with Crippen LogP contribution in [0.3, 0.4) is 0 Å². The number of aromatic nitrogens is 2.